The molecule has 0 aliphatic carbocycles. The molecule has 1 aromatic carbocycles. The number of aromatic nitrogens is 1. The predicted octanol–water partition coefficient (Wildman–Crippen LogP) is 1.75. The van der Waals surface area contributed by atoms with Crippen molar-refractivity contribution in [2.24, 2.45) is 0 Å². The van der Waals surface area contributed by atoms with Crippen LogP contribution in [-0.2, 0) is 16.6 Å². The maximum Gasteiger partial charge on any atom is 0.278 e. The van der Waals surface area contributed by atoms with E-state index in [1.165, 1.54) is 14.1 Å². The van der Waals surface area contributed by atoms with Gasteiger partial charge in [-0.1, -0.05) is 30.3 Å². The highest BCUT2D eigenvalue weighted by atomic mass is 32.2. The van der Waals surface area contributed by atoms with Crippen molar-refractivity contribution in [2.45, 2.75) is 6.42 Å². The van der Waals surface area contributed by atoms with Crippen molar-refractivity contribution in [3.63, 3.8) is 0 Å². The molecule has 0 saturated carbocycles. The third-order valence-corrected chi connectivity index (χ3v) is 5.23. The molecule has 0 radical (unpaired) electrons. The molecule has 108 valence electrons. The predicted molar refractivity (Wildman–Crippen MR) is 81.9 cm³/mol. The summed E-state index contributed by atoms with van der Waals surface area (Å²) in [4.78, 5) is 5.45. The van der Waals surface area contributed by atoms with Gasteiger partial charge in [0, 0.05) is 31.1 Å². The van der Waals surface area contributed by atoms with E-state index in [4.69, 9.17) is 0 Å². The van der Waals surface area contributed by atoms with Gasteiger partial charge in [0.15, 0.2) is 0 Å². The van der Waals surface area contributed by atoms with Crippen LogP contribution in [0.1, 0.15) is 4.88 Å². The Morgan fingerprint density at radius 1 is 1.25 bits per heavy atom. The van der Waals surface area contributed by atoms with Gasteiger partial charge in [0.05, 0.1) is 11.2 Å². The molecule has 2 rings (SSSR count). The summed E-state index contributed by atoms with van der Waals surface area (Å²) in [5.41, 5.74) is 3.77. The number of hydrogen-bond acceptors (Lipinski definition) is 4. The van der Waals surface area contributed by atoms with Crippen LogP contribution < -0.4 is 4.72 Å². The van der Waals surface area contributed by atoms with Crippen LogP contribution in [0.4, 0.5) is 0 Å². The van der Waals surface area contributed by atoms with Crippen molar-refractivity contribution < 1.29 is 8.42 Å². The minimum Gasteiger partial charge on any atom is -0.244 e. The summed E-state index contributed by atoms with van der Waals surface area (Å²) in [6.45, 7) is 0.364. The molecule has 0 aliphatic rings. The molecule has 2 aromatic rings. The molecule has 0 unspecified atom stereocenters. The Labute approximate surface area is 123 Å². The van der Waals surface area contributed by atoms with E-state index in [0.717, 1.165) is 20.4 Å². The molecule has 0 atom stereocenters. The highest BCUT2D eigenvalue weighted by Crippen LogP contribution is 2.25. The second kappa shape index (κ2) is 6.45. The third-order valence-electron chi connectivity index (χ3n) is 2.81. The zero-order valence-electron chi connectivity index (χ0n) is 11.4. The smallest absolute Gasteiger partial charge is 0.244 e. The number of nitrogens with one attached hydrogen (secondary N) is 1. The molecular weight excluding hydrogens is 294 g/mol. The fourth-order valence-corrected chi connectivity index (χ4v) is 3.11. The Kier molecular flexibility index (Phi) is 4.87. The summed E-state index contributed by atoms with van der Waals surface area (Å²) in [6, 6.07) is 9.90. The van der Waals surface area contributed by atoms with Gasteiger partial charge in [-0.2, -0.15) is 12.7 Å². The normalized spacial score (nSPS) is 11.9. The summed E-state index contributed by atoms with van der Waals surface area (Å²) in [5, 5.41) is 0. The lowest BCUT2D eigenvalue weighted by atomic mass is 10.1. The summed E-state index contributed by atoms with van der Waals surface area (Å²) in [5.74, 6) is 0. The molecule has 0 amide bonds. The fourth-order valence-electron chi connectivity index (χ4n) is 1.70. The summed E-state index contributed by atoms with van der Waals surface area (Å²) in [6.07, 6.45) is 0.627. The average Bonchev–Trinajstić information content (AvgIpc) is 2.88. The lowest BCUT2D eigenvalue weighted by Gasteiger charge is -2.12. The maximum absolute atomic E-state index is 11.6. The Morgan fingerprint density at radius 2 is 1.95 bits per heavy atom. The molecule has 0 bridgehead atoms. The van der Waals surface area contributed by atoms with Gasteiger partial charge in [-0.15, -0.1) is 11.3 Å². The maximum atomic E-state index is 11.6. The third kappa shape index (κ3) is 3.63. The van der Waals surface area contributed by atoms with E-state index in [0.29, 0.717) is 13.0 Å². The van der Waals surface area contributed by atoms with E-state index >= 15 is 0 Å². The number of hydrogen-bond donors (Lipinski definition) is 1. The summed E-state index contributed by atoms with van der Waals surface area (Å²) >= 11 is 1.54. The minimum absolute atomic E-state index is 0.364. The van der Waals surface area contributed by atoms with Gasteiger partial charge in [0.25, 0.3) is 10.2 Å². The van der Waals surface area contributed by atoms with Crippen molar-refractivity contribution in [1.82, 2.24) is 14.0 Å². The number of nitrogens with zero attached hydrogens (tertiary/aromatic N) is 2. The van der Waals surface area contributed by atoms with Crippen LogP contribution in [0.3, 0.4) is 0 Å². The zero-order chi connectivity index (χ0) is 14.6. The molecule has 0 saturated heterocycles. The largest absolute Gasteiger partial charge is 0.278 e. The minimum atomic E-state index is -3.36. The van der Waals surface area contributed by atoms with Crippen molar-refractivity contribution in [3.05, 3.63) is 40.7 Å². The second-order valence-corrected chi connectivity index (χ2v) is 7.33. The SMILES string of the molecule is CN(C)S(=O)(=O)NCCc1scnc1-c1ccccc1. The van der Waals surface area contributed by atoms with Gasteiger partial charge in [0.2, 0.25) is 0 Å². The highest BCUT2D eigenvalue weighted by molar-refractivity contribution is 7.87. The molecule has 0 fully saturated rings. The van der Waals surface area contributed by atoms with Gasteiger partial charge in [0.1, 0.15) is 0 Å². The lowest BCUT2D eigenvalue weighted by Crippen LogP contribution is -2.36. The van der Waals surface area contributed by atoms with E-state index < -0.39 is 10.2 Å². The topological polar surface area (TPSA) is 62.3 Å². The quantitative estimate of drug-likeness (QED) is 0.884. The van der Waals surface area contributed by atoms with Crippen LogP contribution in [0.5, 0.6) is 0 Å². The Morgan fingerprint density at radius 3 is 2.60 bits per heavy atom. The van der Waals surface area contributed by atoms with Crippen LogP contribution in [0.25, 0.3) is 11.3 Å². The fraction of sp³-hybridized carbons (Fsp3) is 0.308. The van der Waals surface area contributed by atoms with Crippen molar-refractivity contribution in [2.75, 3.05) is 20.6 Å². The summed E-state index contributed by atoms with van der Waals surface area (Å²) in [7, 11) is -0.353. The van der Waals surface area contributed by atoms with Crippen LogP contribution in [0.2, 0.25) is 0 Å². The average molecular weight is 311 g/mol. The molecule has 5 nitrogen and oxygen atoms in total. The van der Waals surface area contributed by atoms with E-state index in [9.17, 15) is 8.42 Å². The van der Waals surface area contributed by atoms with Crippen molar-refractivity contribution in [1.29, 1.82) is 0 Å². The molecule has 1 heterocycles. The summed E-state index contributed by atoms with van der Waals surface area (Å²) < 4.78 is 26.9. The van der Waals surface area contributed by atoms with E-state index in [1.807, 2.05) is 30.3 Å². The van der Waals surface area contributed by atoms with Gasteiger partial charge >= 0.3 is 0 Å². The molecule has 0 spiro atoms. The van der Waals surface area contributed by atoms with E-state index in [-0.39, 0.29) is 0 Å². The van der Waals surface area contributed by atoms with E-state index in [1.54, 1.807) is 16.8 Å². The van der Waals surface area contributed by atoms with Gasteiger partial charge in [-0.25, -0.2) is 9.71 Å². The first-order chi connectivity index (χ1) is 9.50. The number of thiazole rings is 1. The lowest BCUT2D eigenvalue weighted by molar-refractivity contribution is 0.506. The highest BCUT2D eigenvalue weighted by Gasteiger charge is 2.13. The second-order valence-electron chi connectivity index (χ2n) is 4.42. The Bertz CT molecular complexity index is 651. The zero-order valence-corrected chi connectivity index (χ0v) is 13.0. The first-order valence-electron chi connectivity index (χ1n) is 6.15. The van der Waals surface area contributed by atoms with Crippen LogP contribution in [0, 0.1) is 0 Å². The first kappa shape index (κ1) is 15.1. The van der Waals surface area contributed by atoms with Crippen LogP contribution in [0.15, 0.2) is 35.8 Å². The molecule has 0 aliphatic heterocycles. The molecule has 1 aromatic heterocycles. The number of benzene rings is 1. The van der Waals surface area contributed by atoms with Crippen LogP contribution in [-0.4, -0.2) is 38.3 Å². The van der Waals surface area contributed by atoms with Gasteiger partial charge < -0.3 is 0 Å². The molecule has 20 heavy (non-hydrogen) atoms. The van der Waals surface area contributed by atoms with Gasteiger partial charge in [-0.3, -0.25) is 0 Å². The van der Waals surface area contributed by atoms with Crippen molar-refractivity contribution in [3.8, 4) is 11.3 Å². The Balaban J connectivity index is 2.04. The monoisotopic (exact) mass is 311 g/mol. The van der Waals surface area contributed by atoms with Gasteiger partial charge in [-0.05, 0) is 6.42 Å². The Hall–Kier alpha value is -1.28. The van der Waals surface area contributed by atoms with Crippen LogP contribution >= 0.6 is 11.3 Å². The van der Waals surface area contributed by atoms with E-state index in [2.05, 4.69) is 9.71 Å². The first-order valence-corrected chi connectivity index (χ1v) is 8.47. The molecule has 1 N–H and O–H groups in total. The molecule has 7 heteroatoms. The number of rotatable bonds is 6. The molecular formula is C13H17N3O2S2. The van der Waals surface area contributed by atoms with Crippen molar-refractivity contribution >= 4 is 21.5 Å². The standard InChI is InChI=1S/C13H17N3O2S2/c1-16(2)20(17,18)15-9-8-12-13(14-10-19-12)11-6-4-3-5-7-11/h3-7,10,15H,8-9H2,1-2H3.